The standard InChI is InChI=1S/C66H68O35/c67-22-43-50(79)54(83)58(87)64(97-43)95-41-20-32(70)19-40-33(41)21-42(61(93-40)29-6-8-35(72)37(74)17-29)96-66-62(101-65-60(89)56(85)52(81)45(99-65)24-90-47(76)10-3-26-1-7-34(71)36(73)15-26)57(86)53(82)46(100-66)25-92-48(77)11-4-27-2-9-39(38(75)16-27)94-63-59(88)55(84)51(80)44(98-63)23-91-49(78)12-5-28-13-30(68)18-31(69)14-28/h1-21,43-46,50-60,62-67,79-89H,22-25H2,(H7-,68,69,70,71,72,73,74,75,76)/p+1/b11-4+,12-5+/t43-,44+,45-,46-,50+,51+,52+,53+,54-,55-,56-,57-,58+,59+,60+,62-,63+,64+,65-,66+/m0/s1. The van der Waals surface area contributed by atoms with Gasteiger partial charge in [0.05, 0.1) is 18.2 Å². The molecule has 101 heavy (non-hydrogen) atoms. The van der Waals surface area contributed by atoms with Crippen LogP contribution in [-0.4, -0.2) is 269 Å². The monoisotopic (exact) mass is 1420 g/mol. The first-order valence-corrected chi connectivity index (χ1v) is 30.5. The highest BCUT2D eigenvalue weighted by Crippen LogP contribution is 2.44. The summed E-state index contributed by atoms with van der Waals surface area (Å²) < 4.78 is 69.1. The van der Waals surface area contributed by atoms with E-state index in [9.17, 15) is 117 Å². The van der Waals surface area contributed by atoms with Crippen LogP contribution in [0.15, 0.2) is 114 Å². The minimum absolute atomic E-state index is 0.0917. The number of benzene rings is 5. The number of phenolic OH excluding ortho intramolecular Hbond substituents is 8. The van der Waals surface area contributed by atoms with Crippen molar-refractivity contribution < 1.29 is 173 Å². The van der Waals surface area contributed by atoms with E-state index in [1.165, 1.54) is 42.5 Å². The van der Waals surface area contributed by atoms with Gasteiger partial charge in [0.15, 0.2) is 46.9 Å². The Morgan fingerprint density at radius 3 is 1.36 bits per heavy atom. The lowest BCUT2D eigenvalue weighted by Gasteiger charge is -2.45. The topological polar surface area (TPSA) is 569 Å². The van der Waals surface area contributed by atoms with Gasteiger partial charge in [0.25, 0.3) is 0 Å². The number of aliphatic hydroxyl groups is 12. The lowest BCUT2D eigenvalue weighted by Crippen LogP contribution is -2.65. The summed E-state index contributed by atoms with van der Waals surface area (Å²) in [7, 11) is 0. The quantitative estimate of drug-likeness (QED) is 0.0117. The molecule has 0 aliphatic carbocycles. The molecule has 35 nitrogen and oxygen atoms in total. The fraction of sp³-hybridized carbons (Fsp3) is 0.364. The highest BCUT2D eigenvalue weighted by atomic mass is 16.8. The lowest BCUT2D eigenvalue weighted by atomic mass is 9.97. The van der Waals surface area contributed by atoms with Crippen LogP contribution >= 0.6 is 0 Å². The van der Waals surface area contributed by atoms with Gasteiger partial charge in [0.1, 0.15) is 140 Å². The number of hydrogen-bond donors (Lipinski definition) is 20. The van der Waals surface area contributed by atoms with Gasteiger partial charge in [-0.05, 0) is 83.4 Å². The summed E-state index contributed by atoms with van der Waals surface area (Å²) in [5, 5.41) is 213. The van der Waals surface area contributed by atoms with Crippen LogP contribution < -0.4 is 14.2 Å². The van der Waals surface area contributed by atoms with E-state index in [-0.39, 0.29) is 50.5 Å². The molecular weight excluding hydrogens is 1350 g/mol. The Morgan fingerprint density at radius 1 is 0.386 bits per heavy atom. The number of hydrogen-bond acceptors (Lipinski definition) is 34. The minimum Gasteiger partial charge on any atom is -0.508 e. The zero-order chi connectivity index (χ0) is 72.8. The van der Waals surface area contributed by atoms with Crippen molar-refractivity contribution in [2.45, 2.75) is 123 Å². The molecule has 4 saturated heterocycles. The average molecular weight is 1420 g/mol. The molecular formula is C66H69O35+. The molecule has 5 heterocycles. The van der Waals surface area contributed by atoms with E-state index < -0.39 is 219 Å². The summed E-state index contributed by atoms with van der Waals surface area (Å²) in [6, 6.07) is 17.1. The van der Waals surface area contributed by atoms with Crippen LogP contribution in [0.25, 0.3) is 40.5 Å². The van der Waals surface area contributed by atoms with E-state index >= 15 is 0 Å². The summed E-state index contributed by atoms with van der Waals surface area (Å²) >= 11 is 0. The van der Waals surface area contributed by atoms with Crippen LogP contribution in [0.5, 0.6) is 63.2 Å². The molecule has 0 saturated carbocycles. The number of esters is 3. The molecule has 5 aromatic carbocycles. The fourth-order valence-electron chi connectivity index (χ4n) is 10.7. The van der Waals surface area contributed by atoms with Gasteiger partial charge in [-0.25, -0.2) is 18.8 Å². The fourth-order valence-corrected chi connectivity index (χ4v) is 10.7. The van der Waals surface area contributed by atoms with Crippen LogP contribution in [-0.2, 0) is 52.3 Å². The molecule has 0 spiro atoms. The normalized spacial score (nSPS) is 29.9. The van der Waals surface area contributed by atoms with E-state index in [0.29, 0.717) is 0 Å². The third kappa shape index (κ3) is 17.4. The molecule has 10 rings (SSSR count). The first-order valence-electron chi connectivity index (χ1n) is 30.5. The van der Waals surface area contributed by atoms with E-state index in [2.05, 4.69) is 0 Å². The summed E-state index contributed by atoms with van der Waals surface area (Å²) in [4.78, 5) is 38.8. The number of ether oxygens (including phenoxy) is 11. The molecule has 0 unspecified atom stereocenters. The molecule has 0 amide bonds. The highest BCUT2D eigenvalue weighted by Gasteiger charge is 2.53. The van der Waals surface area contributed by atoms with Crippen molar-refractivity contribution in [1.29, 1.82) is 0 Å². The largest absolute Gasteiger partial charge is 0.508 e. The van der Waals surface area contributed by atoms with E-state index in [1.807, 2.05) is 0 Å². The molecule has 4 aliphatic rings. The third-order valence-corrected chi connectivity index (χ3v) is 16.2. The Bertz CT molecular complexity index is 4010. The van der Waals surface area contributed by atoms with Crippen molar-refractivity contribution >= 4 is 47.1 Å². The van der Waals surface area contributed by atoms with Gasteiger partial charge in [0, 0.05) is 42.5 Å². The zero-order valence-electron chi connectivity index (χ0n) is 52.1. The first-order chi connectivity index (χ1) is 48.0. The molecule has 20 atom stereocenters. The third-order valence-electron chi connectivity index (χ3n) is 16.2. The van der Waals surface area contributed by atoms with Gasteiger partial charge in [-0.3, -0.25) is 0 Å². The molecule has 0 bridgehead atoms. The smallest absolute Gasteiger partial charge is 0.402 e. The number of carbonyl (C=O) groups is 3. The Balaban J connectivity index is 0.884. The Hall–Kier alpha value is -9.74. The summed E-state index contributed by atoms with van der Waals surface area (Å²) in [6.45, 7) is -3.35. The minimum atomic E-state index is -2.28. The second-order valence-corrected chi connectivity index (χ2v) is 23.4. The number of carbonyl (C=O) groups excluding carboxylic acids is 3. The highest BCUT2D eigenvalue weighted by molar-refractivity contribution is 5.90. The SMILES string of the molecule is O=C(C=Cc1ccc(O)c(O)c1)OC[C@@H]1O[C@@H](O[C@@H]2[C@H](Oc3cc4c(O[C@@H]5O[C@@H](CO)[C@@H](O)[C@H](O)[C@H]5O)cc(O)cc4[o+]c3-c3ccc(O)c(O)c3)O[C@@H](COC(=O)/C=C/c3ccc(O[C@@H]4O[C@H](COC(=O)/C=C/c5cc(O)cc(O)c5)[C@@H](O)[C@H](O)[C@H]4O)c(O)c3)[C@@H](O)[C@@H]2O)[C@H](O)[C@@H](O)[C@@H]1O. The van der Waals surface area contributed by atoms with Crippen molar-refractivity contribution in [3.8, 4) is 74.6 Å². The summed E-state index contributed by atoms with van der Waals surface area (Å²) in [6.07, 6.45) is -32.8. The molecule has 35 heteroatoms. The van der Waals surface area contributed by atoms with Crippen LogP contribution in [0, 0.1) is 0 Å². The number of aromatic hydroxyl groups is 8. The van der Waals surface area contributed by atoms with Gasteiger partial charge in [-0.15, -0.1) is 0 Å². The number of fused-ring (bicyclic) bond motifs is 1. The van der Waals surface area contributed by atoms with Crippen molar-refractivity contribution in [1.82, 2.24) is 0 Å². The predicted molar refractivity (Wildman–Crippen MR) is 333 cm³/mol. The van der Waals surface area contributed by atoms with Gasteiger partial charge >= 0.3 is 29.3 Å². The molecule has 4 aliphatic heterocycles. The summed E-state index contributed by atoms with van der Waals surface area (Å²) in [5.74, 6) is -8.95. The van der Waals surface area contributed by atoms with E-state index in [4.69, 9.17) is 56.5 Å². The van der Waals surface area contributed by atoms with E-state index in [0.717, 1.165) is 85.0 Å². The van der Waals surface area contributed by atoms with Gasteiger partial charge in [0.2, 0.25) is 24.6 Å². The second-order valence-electron chi connectivity index (χ2n) is 23.4. The summed E-state index contributed by atoms with van der Waals surface area (Å²) in [5.41, 5.74) is 0.176. The van der Waals surface area contributed by atoms with Gasteiger partial charge in [-0.2, -0.15) is 0 Å². The maximum Gasteiger partial charge on any atom is 0.402 e. The van der Waals surface area contributed by atoms with Gasteiger partial charge < -0.3 is 154 Å². The van der Waals surface area contributed by atoms with Crippen LogP contribution in [0.2, 0.25) is 0 Å². The Labute approximate surface area is 568 Å². The molecule has 4 fully saturated rings. The van der Waals surface area contributed by atoms with Crippen molar-refractivity contribution in [3.05, 3.63) is 126 Å². The zero-order valence-corrected chi connectivity index (χ0v) is 52.1. The van der Waals surface area contributed by atoms with E-state index in [1.54, 1.807) is 0 Å². The van der Waals surface area contributed by atoms with Crippen molar-refractivity contribution in [3.63, 3.8) is 0 Å². The van der Waals surface area contributed by atoms with Crippen LogP contribution in [0.1, 0.15) is 16.7 Å². The molecule has 542 valence electrons. The lowest BCUT2D eigenvalue weighted by molar-refractivity contribution is -0.358. The maximum atomic E-state index is 13.4. The molecule has 1 aromatic heterocycles. The maximum absolute atomic E-state index is 13.4. The molecule has 20 N–H and O–H groups in total. The van der Waals surface area contributed by atoms with Crippen molar-refractivity contribution in [2.24, 2.45) is 0 Å². The molecule has 6 aromatic rings. The van der Waals surface area contributed by atoms with Crippen LogP contribution in [0.4, 0.5) is 0 Å². The van der Waals surface area contributed by atoms with Crippen LogP contribution in [0.3, 0.4) is 0 Å². The Kier molecular flexibility index (Phi) is 23.3. The predicted octanol–water partition coefficient (Wildman–Crippen LogP) is -1.82. The second kappa shape index (κ2) is 31.9. The first kappa shape index (κ1) is 74.0. The number of rotatable bonds is 22. The Morgan fingerprint density at radius 2 is 0.822 bits per heavy atom. The van der Waals surface area contributed by atoms with Crippen molar-refractivity contribution in [2.75, 3.05) is 26.4 Å². The van der Waals surface area contributed by atoms with Gasteiger partial charge in [-0.1, -0.05) is 12.1 Å². The molecule has 0 radical (unpaired) electrons. The average Bonchev–Trinajstić information content (AvgIpc) is 0.763. The number of phenols is 8. The number of aliphatic hydroxyl groups excluding tert-OH is 12.